The van der Waals surface area contributed by atoms with E-state index in [0.717, 1.165) is 13.8 Å². The Labute approximate surface area is 145 Å². The number of hydrogen-bond donors (Lipinski definition) is 2. The molecular weight excluding hydrogens is 190 g/mol. The van der Waals surface area contributed by atoms with Crippen LogP contribution in [0.3, 0.4) is 0 Å². The van der Waals surface area contributed by atoms with Gasteiger partial charge in [-0.25, -0.2) is 0 Å². The Morgan fingerprint density at radius 2 is 0.900 bits per heavy atom. The number of carboxylic acids is 2. The average Bonchev–Trinajstić information content (AvgIpc) is 1.25. The molecule has 0 heterocycles. The van der Waals surface area contributed by atoms with Gasteiger partial charge in [0.15, 0.2) is 0 Å². The van der Waals surface area contributed by atoms with Gasteiger partial charge in [-0.05, 0) is 0 Å². The molecule has 52 valence electrons. The standard InChI is InChI=1S/2C2H4O2.2K.2H/c2*1-2(3)4;;;;/h2*1H3,(H,3,4);;;;. The minimum atomic E-state index is -0.833. The fourth-order valence-electron chi connectivity index (χ4n) is 0. The van der Waals surface area contributed by atoms with Crippen molar-refractivity contribution in [1.82, 2.24) is 0 Å². The van der Waals surface area contributed by atoms with Crippen molar-refractivity contribution >= 4 is 115 Å². The average molecular weight is 200 g/mol. The quantitative estimate of drug-likeness (QED) is 0.486. The Morgan fingerprint density at radius 1 is 0.900 bits per heavy atom. The summed E-state index contributed by atoms with van der Waals surface area (Å²) in [4.78, 5) is 18.0. The number of aliphatic carboxylic acids is 2. The molecule has 0 aliphatic rings. The Morgan fingerprint density at radius 3 is 0.900 bits per heavy atom. The van der Waals surface area contributed by atoms with Crippen LogP contribution in [0, 0.1) is 0 Å². The molecule has 0 aromatic rings. The van der Waals surface area contributed by atoms with E-state index in [1.807, 2.05) is 0 Å². The molecule has 0 aliphatic heterocycles. The van der Waals surface area contributed by atoms with Crippen molar-refractivity contribution in [3.05, 3.63) is 0 Å². The molecule has 0 aliphatic carbocycles. The maximum atomic E-state index is 9.00. The first-order chi connectivity index (χ1) is 3.46. The molecule has 0 rings (SSSR count). The van der Waals surface area contributed by atoms with E-state index in [-0.39, 0.29) is 103 Å². The zero-order valence-corrected chi connectivity index (χ0v) is 4.71. The third-order valence-corrected chi connectivity index (χ3v) is 0. The number of carbonyl (C=O) groups is 2. The molecule has 0 fully saturated rings. The van der Waals surface area contributed by atoms with Gasteiger partial charge in [-0.3, -0.25) is 9.59 Å². The molecule has 0 saturated heterocycles. The summed E-state index contributed by atoms with van der Waals surface area (Å²) >= 11 is 0. The van der Waals surface area contributed by atoms with E-state index < -0.39 is 11.9 Å². The summed E-state index contributed by atoms with van der Waals surface area (Å²) in [5.41, 5.74) is 0. The summed E-state index contributed by atoms with van der Waals surface area (Å²) in [6, 6.07) is 0. The molecule has 0 atom stereocenters. The van der Waals surface area contributed by atoms with Gasteiger partial charge in [0.2, 0.25) is 0 Å². The zero-order valence-electron chi connectivity index (χ0n) is 4.71. The van der Waals surface area contributed by atoms with Crippen LogP contribution in [0.1, 0.15) is 13.8 Å². The van der Waals surface area contributed by atoms with Crippen molar-refractivity contribution in [2.75, 3.05) is 0 Å². The topological polar surface area (TPSA) is 74.6 Å². The summed E-state index contributed by atoms with van der Waals surface area (Å²) in [5.74, 6) is -1.67. The Kier molecular flexibility index (Phi) is 39.5. The summed E-state index contributed by atoms with van der Waals surface area (Å²) in [6.45, 7) is 2.17. The summed E-state index contributed by atoms with van der Waals surface area (Å²) in [7, 11) is 0. The van der Waals surface area contributed by atoms with Crippen molar-refractivity contribution in [3.8, 4) is 0 Å². The van der Waals surface area contributed by atoms with Crippen LogP contribution in [0.2, 0.25) is 0 Å². The van der Waals surface area contributed by atoms with Crippen LogP contribution in [0.5, 0.6) is 0 Å². The van der Waals surface area contributed by atoms with E-state index >= 15 is 0 Å². The molecule has 0 radical (unpaired) electrons. The second-order valence-corrected chi connectivity index (χ2v) is 1.04. The van der Waals surface area contributed by atoms with Crippen molar-refractivity contribution in [3.63, 3.8) is 0 Å². The molecule has 0 amide bonds. The predicted molar refractivity (Wildman–Crippen MR) is 40.9 cm³/mol. The van der Waals surface area contributed by atoms with Crippen LogP contribution < -0.4 is 0 Å². The number of hydrogen-bond acceptors (Lipinski definition) is 2. The second kappa shape index (κ2) is 17.3. The van der Waals surface area contributed by atoms with Crippen molar-refractivity contribution in [2.45, 2.75) is 13.8 Å². The van der Waals surface area contributed by atoms with E-state index in [1.165, 1.54) is 0 Å². The third-order valence-electron chi connectivity index (χ3n) is 0. The molecule has 0 saturated carbocycles. The molecule has 0 aromatic heterocycles. The van der Waals surface area contributed by atoms with Crippen LogP contribution in [0.4, 0.5) is 0 Å². The molecule has 0 aromatic carbocycles. The third kappa shape index (κ3) is 177. The maximum absolute atomic E-state index is 9.00. The van der Waals surface area contributed by atoms with Crippen molar-refractivity contribution in [2.24, 2.45) is 0 Å². The molecule has 0 bridgehead atoms. The monoisotopic (exact) mass is 200 g/mol. The van der Waals surface area contributed by atoms with E-state index in [0.29, 0.717) is 0 Å². The van der Waals surface area contributed by atoms with Gasteiger partial charge in [-0.1, -0.05) is 0 Å². The Bertz CT molecular complexity index is 73.3. The van der Waals surface area contributed by atoms with E-state index in [4.69, 9.17) is 19.8 Å². The van der Waals surface area contributed by atoms with Gasteiger partial charge >= 0.3 is 103 Å². The van der Waals surface area contributed by atoms with Crippen molar-refractivity contribution in [1.29, 1.82) is 0 Å². The first-order valence-corrected chi connectivity index (χ1v) is 1.86. The van der Waals surface area contributed by atoms with Gasteiger partial charge in [-0.15, -0.1) is 0 Å². The van der Waals surface area contributed by atoms with Crippen molar-refractivity contribution < 1.29 is 19.8 Å². The van der Waals surface area contributed by atoms with E-state index in [2.05, 4.69) is 0 Å². The van der Waals surface area contributed by atoms with Crippen LogP contribution in [0.15, 0.2) is 0 Å². The SMILES string of the molecule is CC(=O)O.CC(=O)O.[KH].[KH]. The molecule has 2 N–H and O–H groups in total. The molecular formula is C4H10K2O4. The van der Waals surface area contributed by atoms with Gasteiger partial charge in [-0.2, -0.15) is 0 Å². The second-order valence-electron chi connectivity index (χ2n) is 1.04. The normalized spacial score (nSPS) is 5.00. The van der Waals surface area contributed by atoms with E-state index in [9.17, 15) is 0 Å². The predicted octanol–water partition coefficient (Wildman–Crippen LogP) is -1.12. The first kappa shape index (κ1) is 22.8. The molecule has 10 heavy (non-hydrogen) atoms. The van der Waals surface area contributed by atoms with E-state index in [1.54, 1.807) is 0 Å². The van der Waals surface area contributed by atoms with Crippen LogP contribution in [-0.4, -0.2) is 125 Å². The summed E-state index contributed by atoms with van der Waals surface area (Å²) in [5, 5.41) is 14.8. The van der Waals surface area contributed by atoms with Crippen LogP contribution in [0.25, 0.3) is 0 Å². The number of carboxylic acid groups (broad SMARTS) is 2. The Balaban J connectivity index is -0.0000000300. The van der Waals surface area contributed by atoms with Gasteiger partial charge in [0.1, 0.15) is 0 Å². The summed E-state index contributed by atoms with van der Waals surface area (Å²) < 4.78 is 0. The fraction of sp³-hybridized carbons (Fsp3) is 0.500. The van der Waals surface area contributed by atoms with Gasteiger partial charge in [0.25, 0.3) is 11.9 Å². The van der Waals surface area contributed by atoms with Crippen LogP contribution >= 0.6 is 0 Å². The molecule has 4 nitrogen and oxygen atoms in total. The zero-order chi connectivity index (χ0) is 7.15. The molecule has 0 spiro atoms. The fourth-order valence-corrected chi connectivity index (χ4v) is 0. The van der Waals surface area contributed by atoms with Crippen LogP contribution in [-0.2, 0) is 9.59 Å². The summed E-state index contributed by atoms with van der Waals surface area (Å²) in [6.07, 6.45) is 0. The van der Waals surface area contributed by atoms with Gasteiger partial charge in [0.05, 0.1) is 0 Å². The molecule has 6 heteroatoms. The molecule has 0 unspecified atom stereocenters. The first-order valence-electron chi connectivity index (χ1n) is 1.86. The van der Waals surface area contributed by atoms with Gasteiger partial charge < -0.3 is 10.2 Å². The number of rotatable bonds is 0. The minimum absolute atomic E-state index is 0. The Hall–Kier alpha value is 2.21. The van der Waals surface area contributed by atoms with Gasteiger partial charge in [0, 0.05) is 13.8 Å².